The molecule has 1 radical (unpaired) electrons. The molecule has 0 atom stereocenters. The van der Waals surface area contributed by atoms with E-state index < -0.39 is 0 Å². The van der Waals surface area contributed by atoms with Gasteiger partial charge in [0.25, 0.3) is 0 Å². The van der Waals surface area contributed by atoms with Gasteiger partial charge in [-0.25, -0.2) is 0 Å². The van der Waals surface area contributed by atoms with Crippen LogP contribution in [0.5, 0.6) is 0 Å². The number of rotatable bonds is 3. The first-order valence-electron chi connectivity index (χ1n) is 7.48. The number of aliphatic hydroxyl groups excluding tert-OH is 1. The van der Waals surface area contributed by atoms with Crippen LogP contribution in [0.25, 0.3) is 0 Å². The molecule has 0 aliphatic rings. The van der Waals surface area contributed by atoms with E-state index in [9.17, 15) is 0 Å². The Labute approximate surface area is 144 Å². The van der Waals surface area contributed by atoms with E-state index >= 15 is 0 Å². The molecule has 0 aliphatic carbocycles. The van der Waals surface area contributed by atoms with Crippen LogP contribution in [-0.4, -0.2) is 23.8 Å². The van der Waals surface area contributed by atoms with Gasteiger partial charge in [-0.2, -0.15) is 0 Å². The van der Waals surface area contributed by atoms with E-state index in [0.29, 0.717) is 0 Å². The summed E-state index contributed by atoms with van der Waals surface area (Å²) in [5, 5.41) is 11.8. The molecule has 121 valence electrons. The van der Waals surface area contributed by atoms with Gasteiger partial charge in [0.2, 0.25) is 0 Å². The normalized spacial score (nSPS) is 10.6. The zero-order chi connectivity index (χ0) is 16.1. The zero-order valence-corrected chi connectivity index (χ0v) is 17.0. The molecule has 0 saturated carbocycles. The van der Waals surface area contributed by atoms with Crippen LogP contribution < -0.4 is 5.32 Å². The van der Waals surface area contributed by atoms with Crippen LogP contribution in [0.2, 0.25) is 0 Å². The van der Waals surface area contributed by atoms with E-state index in [-0.39, 0.29) is 31.6 Å². The van der Waals surface area contributed by atoms with Gasteiger partial charge < -0.3 is 10.4 Å². The molecule has 0 unspecified atom stereocenters. The first-order chi connectivity index (χ1) is 9.09. The van der Waals surface area contributed by atoms with Gasteiger partial charge in [0.05, 0.1) is 6.61 Å². The fraction of sp³-hybridized carbons (Fsp3) is 0.667. The molecule has 1 aromatic rings. The van der Waals surface area contributed by atoms with E-state index in [0.717, 1.165) is 6.54 Å². The topological polar surface area (TPSA) is 32.3 Å². The van der Waals surface area contributed by atoms with Crippen molar-refractivity contribution >= 4 is 0 Å². The van der Waals surface area contributed by atoms with Crippen LogP contribution in [0.3, 0.4) is 0 Å². The van der Waals surface area contributed by atoms with E-state index in [1.165, 1.54) is 33.4 Å². The fourth-order valence-electron chi connectivity index (χ4n) is 2.22. The first-order valence-corrected chi connectivity index (χ1v) is 7.48. The minimum Gasteiger partial charge on any atom is -0.394 e. The van der Waals surface area contributed by atoms with Gasteiger partial charge in [-0.15, -0.1) is 0 Å². The van der Waals surface area contributed by atoms with Gasteiger partial charge in [-0.1, -0.05) is 6.92 Å². The quantitative estimate of drug-likeness (QED) is 0.780. The number of hydrogen-bond donors (Lipinski definition) is 2. The van der Waals surface area contributed by atoms with Gasteiger partial charge in [-0.05, 0) is 95.3 Å². The predicted octanol–water partition coefficient (Wildman–Crippen LogP) is 3.90. The van der Waals surface area contributed by atoms with Crippen molar-refractivity contribution in [3.05, 3.63) is 33.4 Å². The number of nitrogens with one attached hydrogen (secondary N) is 1. The van der Waals surface area contributed by atoms with Gasteiger partial charge in [-0.3, -0.25) is 0 Å². The second kappa shape index (κ2) is 9.71. The van der Waals surface area contributed by atoms with Gasteiger partial charge in [0.1, 0.15) is 0 Å². The number of hydrogen-bond acceptors (Lipinski definition) is 2. The number of likely N-dealkylation sites (N-methyl/N-ethyl adjacent to an activating group) is 1. The standard InChI is InChI=1S/C12H18.C6H15NO.Ru/c1-7-8(2)10(4)12(6)11(5)9(7)3;1-4-7-6(2,3)5-8;/h1-6H3;7-8H,4-5H2,1-3H3;/q;;+3. The fourth-order valence-corrected chi connectivity index (χ4v) is 2.22. The minimum atomic E-state index is -0.102. The molecule has 0 aromatic heterocycles. The third-order valence-electron chi connectivity index (χ3n) is 4.43. The minimum absolute atomic E-state index is 0. The van der Waals surface area contributed by atoms with Gasteiger partial charge in [0, 0.05) is 5.54 Å². The molecular formula is C18H33NORu+3. The maximum atomic E-state index is 8.66. The maximum Gasteiger partial charge on any atom is 3.00 e. The van der Waals surface area contributed by atoms with Crippen LogP contribution in [0, 0.1) is 41.5 Å². The van der Waals surface area contributed by atoms with Crippen LogP contribution in [0.1, 0.15) is 54.2 Å². The van der Waals surface area contributed by atoms with Crippen molar-refractivity contribution in [3.8, 4) is 0 Å². The van der Waals surface area contributed by atoms with Gasteiger partial charge in [0.15, 0.2) is 0 Å². The zero-order valence-electron chi connectivity index (χ0n) is 15.2. The molecule has 0 aliphatic heterocycles. The largest absolute Gasteiger partial charge is 3.00 e. The molecule has 1 aromatic carbocycles. The SMILES string of the molecule is CCNC(C)(C)CO.Cc1c(C)c(C)c(C)c(C)c1C.[Ru+3]. The Bertz CT molecular complexity index is 348. The van der Waals surface area contributed by atoms with Crippen molar-refractivity contribution in [2.75, 3.05) is 13.2 Å². The Morgan fingerprint density at radius 1 is 0.762 bits per heavy atom. The Balaban J connectivity index is 0. The molecule has 0 amide bonds. The van der Waals surface area contributed by atoms with Crippen LogP contribution >= 0.6 is 0 Å². The van der Waals surface area contributed by atoms with Crippen LogP contribution in [0.4, 0.5) is 0 Å². The molecule has 0 fully saturated rings. The van der Waals surface area contributed by atoms with E-state index in [2.05, 4.69) is 46.9 Å². The summed E-state index contributed by atoms with van der Waals surface area (Å²) in [5.74, 6) is 0. The molecule has 2 N–H and O–H groups in total. The van der Waals surface area contributed by atoms with Crippen molar-refractivity contribution in [1.29, 1.82) is 0 Å². The van der Waals surface area contributed by atoms with Crippen LogP contribution in [0.15, 0.2) is 0 Å². The van der Waals surface area contributed by atoms with Gasteiger partial charge >= 0.3 is 19.5 Å². The van der Waals surface area contributed by atoms with Crippen molar-refractivity contribution in [2.24, 2.45) is 0 Å². The molecule has 0 spiro atoms. The van der Waals surface area contributed by atoms with Crippen molar-refractivity contribution < 1.29 is 24.6 Å². The Hall–Kier alpha value is -0.237. The summed E-state index contributed by atoms with van der Waals surface area (Å²) in [6.07, 6.45) is 0. The maximum absolute atomic E-state index is 8.66. The Kier molecular flexibility index (Phi) is 10.7. The summed E-state index contributed by atoms with van der Waals surface area (Å²) in [4.78, 5) is 0. The Morgan fingerprint density at radius 3 is 1.10 bits per heavy atom. The average Bonchev–Trinajstić information content (AvgIpc) is 2.41. The van der Waals surface area contributed by atoms with Crippen LogP contribution in [-0.2, 0) is 19.5 Å². The molecule has 3 heteroatoms. The average molecular weight is 381 g/mol. The first kappa shape index (κ1) is 23.0. The smallest absolute Gasteiger partial charge is 0.394 e. The second-order valence-corrected chi connectivity index (χ2v) is 6.32. The Morgan fingerprint density at radius 2 is 1.00 bits per heavy atom. The molecular weight excluding hydrogens is 347 g/mol. The summed E-state index contributed by atoms with van der Waals surface area (Å²) < 4.78 is 0. The monoisotopic (exact) mass is 381 g/mol. The molecule has 0 heterocycles. The van der Waals surface area contributed by atoms with E-state index in [1.807, 2.05) is 20.8 Å². The third-order valence-corrected chi connectivity index (χ3v) is 4.43. The predicted molar refractivity (Wildman–Crippen MR) is 89.7 cm³/mol. The second-order valence-electron chi connectivity index (χ2n) is 6.32. The van der Waals surface area contributed by atoms with Crippen molar-refractivity contribution in [3.63, 3.8) is 0 Å². The molecule has 0 saturated heterocycles. The summed E-state index contributed by atoms with van der Waals surface area (Å²) in [7, 11) is 0. The molecule has 2 nitrogen and oxygen atoms in total. The summed E-state index contributed by atoms with van der Waals surface area (Å²) >= 11 is 0. The van der Waals surface area contributed by atoms with E-state index in [4.69, 9.17) is 5.11 Å². The van der Waals surface area contributed by atoms with Crippen molar-refractivity contribution in [1.82, 2.24) is 5.32 Å². The van der Waals surface area contributed by atoms with Crippen molar-refractivity contribution in [2.45, 2.75) is 67.9 Å². The summed E-state index contributed by atoms with van der Waals surface area (Å²) in [5.41, 5.74) is 8.62. The molecule has 1 rings (SSSR count). The summed E-state index contributed by atoms with van der Waals surface area (Å²) in [6, 6.07) is 0. The molecule has 0 bridgehead atoms. The molecule has 21 heavy (non-hydrogen) atoms. The van der Waals surface area contributed by atoms with E-state index in [1.54, 1.807) is 0 Å². The summed E-state index contributed by atoms with van der Waals surface area (Å²) in [6.45, 7) is 20.3. The third kappa shape index (κ3) is 6.59. The number of aliphatic hydroxyl groups is 1. The number of benzene rings is 1.